The summed E-state index contributed by atoms with van der Waals surface area (Å²) >= 11 is 0. The Hall–Kier alpha value is -0.130. The summed E-state index contributed by atoms with van der Waals surface area (Å²) in [4.78, 5) is 0. The zero-order chi connectivity index (χ0) is 14.1. The Kier molecular flexibility index (Phi) is 4.58. The maximum absolute atomic E-state index is 11.7. The van der Waals surface area contributed by atoms with Crippen molar-refractivity contribution in [3.05, 3.63) is 0 Å². The number of rotatable bonds is 5. The molecule has 0 aromatic heterocycles. The summed E-state index contributed by atoms with van der Waals surface area (Å²) in [6.45, 7) is 0. The van der Waals surface area contributed by atoms with E-state index in [0.29, 0.717) is 12.8 Å². The first kappa shape index (κ1) is 15.3. The third-order valence-corrected chi connectivity index (χ3v) is 6.73. The molecule has 112 valence electrons. The van der Waals surface area contributed by atoms with Gasteiger partial charge >= 0.3 is 0 Å². The van der Waals surface area contributed by atoms with Gasteiger partial charge in [0.05, 0.1) is 17.0 Å². The van der Waals surface area contributed by atoms with Crippen molar-refractivity contribution in [2.75, 3.05) is 13.4 Å². The minimum atomic E-state index is -2.98. The Morgan fingerprint density at radius 2 is 2.00 bits per heavy atom. The van der Waals surface area contributed by atoms with Crippen LogP contribution in [0.5, 0.6) is 0 Å². The van der Waals surface area contributed by atoms with E-state index >= 15 is 0 Å². The van der Waals surface area contributed by atoms with Crippen LogP contribution >= 0.6 is 0 Å². The average molecular weight is 290 g/mol. The first-order valence-corrected chi connectivity index (χ1v) is 9.24. The number of sulfone groups is 1. The highest BCUT2D eigenvalue weighted by Gasteiger charge is 2.41. The highest BCUT2D eigenvalue weighted by atomic mass is 32.2. The maximum Gasteiger partial charge on any atom is 0.150 e. The fourth-order valence-electron chi connectivity index (χ4n) is 3.53. The molecule has 2 aliphatic carbocycles. The molecule has 0 amide bonds. The lowest BCUT2D eigenvalue weighted by molar-refractivity contribution is -0.109. The van der Waals surface area contributed by atoms with Gasteiger partial charge in [-0.25, -0.2) is 8.42 Å². The molecule has 0 aromatic carbocycles. The molecule has 0 bridgehead atoms. The zero-order valence-electron chi connectivity index (χ0n) is 12.0. The van der Waals surface area contributed by atoms with Crippen molar-refractivity contribution in [3.63, 3.8) is 0 Å². The molecular formula is C14H26O4S. The van der Waals surface area contributed by atoms with Crippen molar-refractivity contribution < 1.29 is 18.3 Å². The van der Waals surface area contributed by atoms with E-state index in [0.717, 1.165) is 38.5 Å². The minimum Gasteiger partial charge on any atom is -0.393 e. The molecule has 0 saturated heterocycles. The molecule has 3 unspecified atom stereocenters. The van der Waals surface area contributed by atoms with Crippen molar-refractivity contribution >= 4 is 9.84 Å². The van der Waals surface area contributed by atoms with Gasteiger partial charge in [-0.15, -0.1) is 0 Å². The SMILES string of the molecule is COC1(CC(O)C2CCCC(S(C)(=O)=O)C2)CCC1. The highest BCUT2D eigenvalue weighted by molar-refractivity contribution is 7.91. The van der Waals surface area contributed by atoms with Crippen molar-refractivity contribution in [1.82, 2.24) is 0 Å². The van der Waals surface area contributed by atoms with E-state index in [2.05, 4.69) is 0 Å². The van der Waals surface area contributed by atoms with Crippen molar-refractivity contribution in [1.29, 1.82) is 0 Å². The van der Waals surface area contributed by atoms with Crippen LogP contribution in [0, 0.1) is 5.92 Å². The third-order valence-electron chi connectivity index (χ3n) is 5.10. The van der Waals surface area contributed by atoms with Gasteiger partial charge in [0, 0.05) is 19.8 Å². The Morgan fingerprint density at radius 1 is 1.32 bits per heavy atom. The summed E-state index contributed by atoms with van der Waals surface area (Å²) in [5.74, 6) is 0.112. The highest BCUT2D eigenvalue weighted by Crippen LogP contribution is 2.42. The van der Waals surface area contributed by atoms with Crippen molar-refractivity contribution in [2.24, 2.45) is 5.92 Å². The summed E-state index contributed by atoms with van der Waals surface area (Å²) in [7, 11) is -1.26. The van der Waals surface area contributed by atoms with E-state index in [1.807, 2.05) is 0 Å². The van der Waals surface area contributed by atoms with Crippen LogP contribution in [0.3, 0.4) is 0 Å². The van der Waals surface area contributed by atoms with E-state index in [9.17, 15) is 13.5 Å². The van der Waals surface area contributed by atoms with E-state index in [-0.39, 0.29) is 16.8 Å². The van der Waals surface area contributed by atoms with Gasteiger partial charge in [0.25, 0.3) is 0 Å². The van der Waals surface area contributed by atoms with Gasteiger partial charge in [0.15, 0.2) is 0 Å². The summed E-state index contributed by atoms with van der Waals surface area (Å²) in [5, 5.41) is 10.2. The third kappa shape index (κ3) is 3.50. The number of hydrogen-bond donors (Lipinski definition) is 1. The molecule has 1 N–H and O–H groups in total. The molecule has 5 heteroatoms. The summed E-state index contributed by atoms with van der Waals surface area (Å²) in [6, 6.07) is 0. The van der Waals surface area contributed by atoms with Gasteiger partial charge in [-0.3, -0.25) is 0 Å². The molecule has 0 heterocycles. The molecule has 0 aliphatic heterocycles. The number of methoxy groups -OCH3 is 1. The molecule has 2 saturated carbocycles. The topological polar surface area (TPSA) is 63.6 Å². The Bertz CT molecular complexity index is 394. The van der Waals surface area contributed by atoms with Gasteiger partial charge in [-0.2, -0.15) is 0 Å². The van der Waals surface area contributed by atoms with E-state index in [1.54, 1.807) is 7.11 Å². The lowest BCUT2D eigenvalue weighted by Gasteiger charge is -2.43. The summed E-state index contributed by atoms with van der Waals surface area (Å²) in [6.07, 6.45) is 7.94. The second-order valence-electron chi connectivity index (χ2n) is 6.39. The predicted octanol–water partition coefficient (Wildman–Crippen LogP) is 1.91. The molecule has 2 rings (SSSR count). The van der Waals surface area contributed by atoms with Crippen molar-refractivity contribution in [3.8, 4) is 0 Å². The zero-order valence-corrected chi connectivity index (χ0v) is 12.8. The molecule has 4 nitrogen and oxygen atoms in total. The second-order valence-corrected chi connectivity index (χ2v) is 8.72. The predicted molar refractivity (Wildman–Crippen MR) is 74.8 cm³/mol. The molecule has 19 heavy (non-hydrogen) atoms. The van der Waals surface area contributed by atoms with Crippen LogP contribution in [0.1, 0.15) is 51.4 Å². The Balaban J connectivity index is 1.93. The lowest BCUT2D eigenvalue weighted by atomic mass is 9.72. The number of hydrogen-bond acceptors (Lipinski definition) is 4. The van der Waals surface area contributed by atoms with Gasteiger partial charge < -0.3 is 9.84 Å². The van der Waals surface area contributed by atoms with Crippen LogP contribution in [-0.2, 0) is 14.6 Å². The molecule has 0 spiro atoms. The van der Waals surface area contributed by atoms with E-state index in [4.69, 9.17) is 4.74 Å². The van der Waals surface area contributed by atoms with Crippen LogP contribution in [0.2, 0.25) is 0 Å². The molecule has 2 fully saturated rings. The van der Waals surface area contributed by atoms with Crippen molar-refractivity contribution in [2.45, 2.75) is 68.3 Å². The van der Waals surface area contributed by atoms with Crippen LogP contribution in [0.15, 0.2) is 0 Å². The maximum atomic E-state index is 11.7. The Labute approximate surface area is 116 Å². The van der Waals surface area contributed by atoms with Crippen LogP contribution in [0.4, 0.5) is 0 Å². The van der Waals surface area contributed by atoms with Gasteiger partial charge in [0.2, 0.25) is 0 Å². The Morgan fingerprint density at radius 3 is 2.47 bits per heavy atom. The average Bonchev–Trinajstić information content (AvgIpc) is 2.32. The molecule has 3 atom stereocenters. The smallest absolute Gasteiger partial charge is 0.150 e. The van der Waals surface area contributed by atoms with Crippen LogP contribution in [-0.4, -0.2) is 43.8 Å². The molecule has 0 aromatic rings. The first-order chi connectivity index (χ1) is 8.86. The molecule has 0 radical (unpaired) electrons. The lowest BCUT2D eigenvalue weighted by Crippen LogP contribution is -2.45. The van der Waals surface area contributed by atoms with E-state index < -0.39 is 15.9 Å². The summed E-state index contributed by atoms with van der Waals surface area (Å²) in [5.41, 5.74) is -0.141. The van der Waals surface area contributed by atoms with Gasteiger partial charge in [-0.05, 0) is 44.4 Å². The molecular weight excluding hydrogens is 264 g/mol. The minimum absolute atomic E-state index is 0.112. The van der Waals surface area contributed by atoms with Gasteiger partial charge in [-0.1, -0.05) is 6.42 Å². The number of ether oxygens (including phenoxy) is 1. The van der Waals surface area contributed by atoms with Crippen LogP contribution < -0.4 is 0 Å². The fraction of sp³-hybridized carbons (Fsp3) is 1.00. The monoisotopic (exact) mass is 290 g/mol. The molecule has 2 aliphatic rings. The van der Waals surface area contributed by atoms with E-state index in [1.165, 1.54) is 6.26 Å². The normalized spacial score (nSPS) is 32.6. The second kappa shape index (κ2) is 5.70. The van der Waals surface area contributed by atoms with Crippen LogP contribution in [0.25, 0.3) is 0 Å². The standard InChI is InChI=1S/C14H26O4S/c1-18-14(7-4-8-14)10-13(15)11-5-3-6-12(9-11)19(2,16)17/h11-13,15H,3-10H2,1-2H3. The number of aliphatic hydroxyl groups is 1. The fourth-order valence-corrected chi connectivity index (χ4v) is 4.72. The first-order valence-electron chi connectivity index (χ1n) is 7.28. The summed E-state index contributed by atoms with van der Waals surface area (Å²) < 4.78 is 28.9. The number of aliphatic hydroxyl groups excluding tert-OH is 1. The van der Waals surface area contributed by atoms with Gasteiger partial charge in [0.1, 0.15) is 9.84 Å². The largest absolute Gasteiger partial charge is 0.393 e. The quantitative estimate of drug-likeness (QED) is 0.840.